The molecular formula is C4H6NO4. The first kappa shape index (κ1) is 7.90. The van der Waals surface area contributed by atoms with Gasteiger partial charge < -0.3 is 5.11 Å². The Morgan fingerprint density at radius 2 is 1.89 bits per heavy atom. The molecule has 0 fully saturated rings. The lowest BCUT2D eigenvalue weighted by Gasteiger charge is -1.91. The van der Waals surface area contributed by atoms with E-state index in [1.807, 2.05) is 0 Å². The molecule has 0 aromatic heterocycles. The van der Waals surface area contributed by atoms with Crippen molar-refractivity contribution in [1.29, 1.82) is 0 Å². The van der Waals surface area contributed by atoms with Crippen LogP contribution in [0.4, 0.5) is 0 Å². The molecule has 0 aliphatic carbocycles. The van der Waals surface area contributed by atoms with Crippen LogP contribution in [0.1, 0.15) is 0 Å². The summed E-state index contributed by atoms with van der Waals surface area (Å²) in [6, 6.07) is 0. The highest BCUT2D eigenvalue weighted by molar-refractivity contribution is 5.72. The first-order chi connectivity index (χ1) is 4.13. The summed E-state index contributed by atoms with van der Waals surface area (Å²) in [6.45, 7) is -0.778. The summed E-state index contributed by atoms with van der Waals surface area (Å²) in [7, 11) is 0. The number of hydrogen-bond donors (Lipinski definition) is 2. The second-order valence-electron chi connectivity index (χ2n) is 1.37. The van der Waals surface area contributed by atoms with Gasteiger partial charge in [-0.25, -0.2) is 9.90 Å². The zero-order valence-corrected chi connectivity index (χ0v) is 4.59. The molecule has 1 radical (unpaired) electrons. The van der Waals surface area contributed by atoms with Crippen LogP contribution in [0.15, 0.2) is 0 Å². The summed E-state index contributed by atoms with van der Waals surface area (Å²) in [5.41, 5.74) is 0. The van der Waals surface area contributed by atoms with Crippen molar-refractivity contribution in [3.63, 3.8) is 0 Å². The topological polar surface area (TPSA) is 86.3 Å². The number of hydrogen-bond acceptors (Lipinski definition) is 3. The fraction of sp³-hybridized carbons (Fsp3) is 0.500. The first-order valence-corrected chi connectivity index (χ1v) is 2.25. The number of carboxylic acid groups (broad SMARTS) is 1. The Balaban J connectivity index is 3.10. The van der Waals surface area contributed by atoms with Gasteiger partial charge >= 0.3 is 11.9 Å². The fourth-order valence-electron chi connectivity index (χ4n) is 0.271. The third kappa shape index (κ3) is 6.90. The summed E-state index contributed by atoms with van der Waals surface area (Å²) in [5, 5.41) is 19.7. The first-order valence-electron chi connectivity index (χ1n) is 2.25. The van der Waals surface area contributed by atoms with E-state index in [0.29, 0.717) is 0 Å². The summed E-state index contributed by atoms with van der Waals surface area (Å²) >= 11 is 0. The zero-order chi connectivity index (χ0) is 7.28. The molecule has 51 valence electrons. The number of carbonyl (C=O) groups is 2. The third-order valence-corrected chi connectivity index (χ3v) is 0.546. The van der Waals surface area contributed by atoms with Crippen molar-refractivity contribution < 1.29 is 19.8 Å². The molecule has 5 heteroatoms. The predicted octanol–water partition coefficient (Wildman–Crippen LogP) is -1.38. The van der Waals surface area contributed by atoms with E-state index >= 15 is 0 Å². The van der Waals surface area contributed by atoms with Gasteiger partial charge in [0.15, 0.2) is 0 Å². The highest BCUT2D eigenvalue weighted by Crippen LogP contribution is 1.62. The van der Waals surface area contributed by atoms with E-state index in [2.05, 4.69) is 5.32 Å². The van der Waals surface area contributed by atoms with E-state index in [0.717, 1.165) is 0 Å². The molecule has 0 aliphatic heterocycles. The summed E-state index contributed by atoms with van der Waals surface area (Å²) in [5.74, 6) is -2.40. The minimum atomic E-state index is -1.31. The minimum Gasteiger partial charge on any atom is -0.480 e. The maximum absolute atomic E-state index is 9.70. The molecular weight excluding hydrogens is 126 g/mol. The lowest BCUT2D eigenvalue weighted by atomic mass is 10.6. The van der Waals surface area contributed by atoms with Crippen LogP contribution in [0.5, 0.6) is 0 Å². The monoisotopic (exact) mass is 132 g/mol. The lowest BCUT2D eigenvalue weighted by molar-refractivity contribution is -0.142. The molecule has 0 unspecified atom stereocenters. The minimum absolute atomic E-state index is 0.353. The molecule has 0 heterocycles. The average Bonchev–Trinajstić information content (AvgIpc) is 1.63. The van der Waals surface area contributed by atoms with Gasteiger partial charge in [0.1, 0.15) is 0 Å². The van der Waals surface area contributed by atoms with E-state index in [1.54, 1.807) is 0 Å². The van der Waals surface area contributed by atoms with Gasteiger partial charge in [0.25, 0.3) is 0 Å². The van der Waals surface area contributed by atoms with Gasteiger partial charge in [-0.15, -0.1) is 0 Å². The summed E-state index contributed by atoms with van der Waals surface area (Å²) in [6.07, 6.45) is 0. The van der Waals surface area contributed by atoms with Crippen molar-refractivity contribution >= 4 is 11.9 Å². The zero-order valence-electron chi connectivity index (χ0n) is 4.59. The van der Waals surface area contributed by atoms with Crippen molar-refractivity contribution in [2.45, 2.75) is 0 Å². The molecule has 0 atom stereocenters. The molecule has 0 aliphatic rings. The van der Waals surface area contributed by atoms with E-state index in [4.69, 9.17) is 5.11 Å². The van der Waals surface area contributed by atoms with Gasteiger partial charge in [0, 0.05) is 0 Å². The fourth-order valence-corrected chi connectivity index (χ4v) is 0.271. The Labute approximate surface area is 51.3 Å². The van der Waals surface area contributed by atoms with Crippen LogP contribution >= 0.6 is 0 Å². The number of nitrogens with one attached hydrogen (secondary N) is 1. The van der Waals surface area contributed by atoms with Crippen molar-refractivity contribution in [3.05, 3.63) is 0 Å². The highest BCUT2D eigenvalue weighted by Gasteiger charge is 1.99. The van der Waals surface area contributed by atoms with Gasteiger partial charge in [-0.05, 0) is 0 Å². The van der Waals surface area contributed by atoms with Crippen LogP contribution in [0.2, 0.25) is 0 Å². The normalized spacial score (nSPS) is 8.89. The Morgan fingerprint density at radius 1 is 1.33 bits per heavy atom. The number of aliphatic carboxylic acids is 1. The molecule has 0 rings (SSSR count). The predicted molar refractivity (Wildman–Crippen MR) is 26.2 cm³/mol. The van der Waals surface area contributed by atoms with Crippen LogP contribution < -0.4 is 5.32 Å². The van der Waals surface area contributed by atoms with Crippen molar-refractivity contribution in [3.8, 4) is 0 Å². The van der Waals surface area contributed by atoms with Gasteiger partial charge in [-0.3, -0.25) is 10.1 Å². The van der Waals surface area contributed by atoms with E-state index < -0.39 is 18.5 Å². The molecule has 9 heavy (non-hydrogen) atoms. The Hall–Kier alpha value is -1.10. The Morgan fingerprint density at radius 3 is 2.22 bits per heavy atom. The molecule has 0 bridgehead atoms. The van der Waals surface area contributed by atoms with E-state index in [1.165, 1.54) is 0 Å². The SMILES string of the molecule is [O]C(=O)CNCC(=O)O. The van der Waals surface area contributed by atoms with Crippen LogP contribution in [0.3, 0.4) is 0 Å². The van der Waals surface area contributed by atoms with Crippen molar-refractivity contribution in [1.82, 2.24) is 5.32 Å². The standard InChI is InChI=1S/C4H6NO4/c6-3(7)1-5-2-4(8)9/h5H,1-2H2,(H,6,7). The molecule has 0 spiro atoms. The van der Waals surface area contributed by atoms with Gasteiger partial charge in [-0.2, -0.15) is 0 Å². The van der Waals surface area contributed by atoms with Crippen molar-refractivity contribution in [2.75, 3.05) is 13.1 Å². The molecule has 0 saturated heterocycles. The largest absolute Gasteiger partial charge is 0.480 e. The summed E-state index contributed by atoms with van der Waals surface area (Å²) in [4.78, 5) is 19.3. The van der Waals surface area contributed by atoms with E-state index in [9.17, 15) is 14.7 Å². The molecule has 0 saturated carbocycles. The van der Waals surface area contributed by atoms with Gasteiger partial charge in [0.2, 0.25) is 0 Å². The quantitative estimate of drug-likeness (QED) is 0.493. The average molecular weight is 132 g/mol. The van der Waals surface area contributed by atoms with Gasteiger partial charge in [-0.1, -0.05) is 0 Å². The molecule has 0 amide bonds. The van der Waals surface area contributed by atoms with Gasteiger partial charge in [0.05, 0.1) is 13.1 Å². The Bertz CT molecular complexity index is 108. The highest BCUT2D eigenvalue weighted by atomic mass is 16.4. The molecule has 5 nitrogen and oxygen atoms in total. The second-order valence-corrected chi connectivity index (χ2v) is 1.37. The number of rotatable bonds is 4. The lowest BCUT2D eigenvalue weighted by Crippen LogP contribution is -2.27. The number of carbonyl (C=O) groups excluding carboxylic acids is 1. The Kier molecular flexibility index (Phi) is 3.38. The van der Waals surface area contributed by atoms with Crippen LogP contribution in [-0.2, 0) is 14.7 Å². The third-order valence-electron chi connectivity index (χ3n) is 0.546. The smallest absolute Gasteiger partial charge is 0.369 e. The molecule has 0 aromatic carbocycles. The second kappa shape index (κ2) is 3.85. The van der Waals surface area contributed by atoms with Crippen LogP contribution in [-0.4, -0.2) is 30.1 Å². The maximum Gasteiger partial charge on any atom is 0.369 e. The number of carboxylic acids is 1. The van der Waals surface area contributed by atoms with Crippen molar-refractivity contribution in [2.24, 2.45) is 0 Å². The van der Waals surface area contributed by atoms with E-state index in [-0.39, 0.29) is 6.54 Å². The maximum atomic E-state index is 9.70. The summed E-state index contributed by atoms with van der Waals surface area (Å²) < 4.78 is 0. The molecule has 2 N–H and O–H groups in total. The molecule has 0 aromatic rings. The van der Waals surface area contributed by atoms with Crippen LogP contribution in [0, 0.1) is 0 Å². The van der Waals surface area contributed by atoms with Crippen LogP contribution in [0.25, 0.3) is 0 Å².